The van der Waals surface area contributed by atoms with Gasteiger partial charge in [0.2, 0.25) is 0 Å². The van der Waals surface area contributed by atoms with Gasteiger partial charge in [-0.3, -0.25) is 4.90 Å². The molecule has 1 spiro atoms. The second kappa shape index (κ2) is 10.2. The van der Waals surface area contributed by atoms with E-state index in [0.29, 0.717) is 24.3 Å². The first kappa shape index (κ1) is 28.0. The standard InChI is InChI=1S/C38H32BN3O3/c39-37-21-36-13-12-30-33(45-20-28-10-5-11-29(31(28)17-41)27-8-2-1-3-9-27)15-34(44-19-26-7-4-6-25(14-26)16-40)32(35(30)36)18-42(23-36)38(37,22-37)24-43/h1-11,14-15,43H,12-13,18-24H2. The van der Waals surface area contributed by atoms with Gasteiger partial charge in [0.25, 0.3) is 0 Å². The molecule has 6 nitrogen and oxygen atoms in total. The number of piperidine rings is 1. The van der Waals surface area contributed by atoms with Crippen LogP contribution in [-0.2, 0) is 31.6 Å². The fourth-order valence-electron chi connectivity index (χ4n) is 8.63. The van der Waals surface area contributed by atoms with Crippen LogP contribution in [0, 0.1) is 22.7 Å². The quantitative estimate of drug-likeness (QED) is 0.249. The number of fused-ring (bicyclic) bond motifs is 3. The molecule has 1 N–H and O–H groups in total. The third-order valence-corrected chi connectivity index (χ3v) is 10.8. The number of nitrogens with zero attached hydrogens (tertiary/aromatic N) is 3. The van der Waals surface area contributed by atoms with Crippen LogP contribution in [0.15, 0.2) is 78.9 Å². The fraction of sp³-hybridized carbons (Fsp3) is 0.316. The Morgan fingerprint density at radius 3 is 2.47 bits per heavy atom. The minimum Gasteiger partial charge on any atom is -0.488 e. The molecule has 4 aromatic carbocycles. The minimum absolute atomic E-state index is 0.0589. The van der Waals surface area contributed by atoms with Crippen molar-refractivity contribution in [3.63, 3.8) is 0 Å². The lowest BCUT2D eigenvalue weighted by molar-refractivity contribution is 0.0206. The van der Waals surface area contributed by atoms with Crippen molar-refractivity contribution in [3.05, 3.63) is 118 Å². The van der Waals surface area contributed by atoms with Gasteiger partial charge in [-0.15, -0.1) is 0 Å². The minimum atomic E-state index is -0.394. The zero-order valence-corrected chi connectivity index (χ0v) is 25.1. The van der Waals surface area contributed by atoms with Gasteiger partial charge in [-0.05, 0) is 70.9 Å². The lowest BCUT2D eigenvalue weighted by Crippen LogP contribution is -2.57. The van der Waals surface area contributed by atoms with Gasteiger partial charge < -0.3 is 14.6 Å². The van der Waals surface area contributed by atoms with Crippen LogP contribution in [0.1, 0.15) is 58.2 Å². The second-order valence-electron chi connectivity index (χ2n) is 13.2. The lowest BCUT2D eigenvalue weighted by atomic mass is 9.59. The Morgan fingerprint density at radius 1 is 0.867 bits per heavy atom. The van der Waals surface area contributed by atoms with Crippen molar-refractivity contribution in [3.8, 4) is 34.8 Å². The van der Waals surface area contributed by atoms with Gasteiger partial charge in [-0.25, -0.2) is 0 Å². The van der Waals surface area contributed by atoms with Gasteiger partial charge >= 0.3 is 0 Å². The molecule has 4 unspecified atom stereocenters. The van der Waals surface area contributed by atoms with Crippen molar-refractivity contribution in [2.45, 2.75) is 61.7 Å². The zero-order valence-electron chi connectivity index (χ0n) is 25.1. The summed E-state index contributed by atoms with van der Waals surface area (Å²) < 4.78 is 13.2. The molecule has 4 aromatic rings. The van der Waals surface area contributed by atoms with E-state index >= 15 is 0 Å². The van der Waals surface area contributed by atoms with Crippen LogP contribution >= 0.6 is 0 Å². The third kappa shape index (κ3) is 4.22. The summed E-state index contributed by atoms with van der Waals surface area (Å²) in [6, 6.07) is 30.0. The van der Waals surface area contributed by atoms with Crippen LogP contribution in [0.5, 0.6) is 11.5 Å². The highest BCUT2D eigenvalue weighted by molar-refractivity contribution is 6.19. The highest BCUT2D eigenvalue weighted by Crippen LogP contribution is 2.75. The van der Waals surface area contributed by atoms with E-state index in [1.807, 2.05) is 72.8 Å². The van der Waals surface area contributed by atoms with Gasteiger partial charge in [0.1, 0.15) is 30.8 Å². The third-order valence-electron chi connectivity index (χ3n) is 10.8. The predicted molar refractivity (Wildman–Crippen MR) is 171 cm³/mol. The summed E-state index contributed by atoms with van der Waals surface area (Å²) in [5.74, 6) is 1.55. The first-order valence-electron chi connectivity index (χ1n) is 15.6. The summed E-state index contributed by atoms with van der Waals surface area (Å²) in [6.07, 6.45) is 3.50. The maximum absolute atomic E-state index is 10.5. The van der Waals surface area contributed by atoms with Crippen molar-refractivity contribution in [2.75, 3.05) is 13.2 Å². The first-order chi connectivity index (χ1) is 21.9. The van der Waals surface area contributed by atoms with Crippen molar-refractivity contribution in [2.24, 2.45) is 0 Å². The highest BCUT2D eigenvalue weighted by Gasteiger charge is 2.73. The molecular weight excluding hydrogens is 557 g/mol. The number of ether oxygens (including phenoxy) is 2. The van der Waals surface area contributed by atoms with Crippen LogP contribution in [0.25, 0.3) is 11.1 Å². The Bertz CT molecular complexity index is 1930. The molecule has 7 heteroatoms. The van der Waals surface area contributed by atoms with E-state index < -0.39 is 5.31 Å². The van der Waals surface area contributed by atoms with E-state index in [9.17, 15) is 15.6 Å². The molecule has 2 aliphatic carbocycles. The summed E-state index contributed by atoms with van der Waals surface area (Å²) >= 11 is 0. The Kier molecular flexibility index (Phi) is 6.36. The SMILES string of the molecule is [B]C12CC34CCc5c(OCc6cccc(-c7ccccc7)c6C#N)cc(OCc6cccc(C#N)c6)c(c53)CN(C4)C1(CO)C2. The Balaban J connectivity index is 1.18. The molecule has 0 aromatic heterocycles. The smallest absolute Gasteiger partial charge is 0.128 e. The van der Waals surface area contributed by atoms with Gasteiger partial charge in [0, 0.05) is 41.2 Å². The first-order valence-corrected chi connectivity index (χ1v) is 15.6. The molecule has 1 saturated heterocycles. The Hall–Kier alpha value is -4.56. The van der Waals surface area contributed by atoms with Crippen LogP contribution in [0.4, 0.5) is 0 Å². The Labute approximate surface area is 264 Å². The maximum atomic E-state index is 10.5. The monoisotopic (exact) mass is 589 g/mol. The topological polar surface area (TPSA) is 89.5 Å². The normalized spacial score (nSPS) is 26.6. The fourth-order valence-corrected chi connectivity index (χ4v) is 8.63. The van der Waals surface area contributed by atoms with E-state index in [0.717, 1.165) is 71.5 Å². The van der Waals surface area contributed by atoms with E-state index in [1.54, 1.807) is 6.07 Å². The zero-order chi connectivity index (χ0) is 30.8. The summed E-state index contributed by atoms with van der Waals surface area (Å²) in [5.41, 5.74) is 8.04. The van der Waals surface area contributed by atoms with Crippen LogP contribution in [0.3, 0.4) is 0 Å². The molecule has 220 valence electrons. The molecule has 2 heterocycles. The predicted octanol–water partition coefficient (Wildman–Crippen LogP) is 6.12. The number of aliphatic hydroxyl groups is 1. The van der Waals surface area contributed by atoms with Crippen molar-refractivity contribution < 1.29 is 14.6 Å². The molecule has 8 rings (SSSR count). The molecule has 2 bridgehead atoms. The molecule has 4 atom stereocenters. The van der Waals surface area contributed by atoms with Crippen molar-refractivity contribution in [1.82, 2.24) is 4.90 Å². The average molecular weight is 590 g/mol. The number of rotatable bonds is 8. The molecule has 2 fully saturated rings. The average Bonchev–Trinajstić information content (AvgIpc) is 3.54. The second-order valence-corrected chi connectivity index (χ2v) is 13.2. The molecule has 2 radical (unpaired) electrons. The van der Waals surface area contributed by atoms with Gasteiger partial charge in [0.15, 0.2) is 0 Å². The number of hydrogen-bond acceptors (Lipinski definition) is 6. The Morgan fingerprint density at radius 2 is 1.67 bits per heavy atom. The van der Waals surface area contributed by atoms with Crippen molar-refractivity contribution >= 4 is 7.85 Å². The highest BCUT2D eigenvalue weighted by atomic mass is 16.5. The van der Waals surface area contributed by atoms with E-state index in [4.69, 9.17) is 17.3 Å². The number of benzene rings is 4. The lowest BCUT2D eigenvalue weighted by Gasteiger charge is -2.53. The molecule has 0 amide bonds. The van der Waals surface area contributed by atoms with Crippen LogP contribution in [0.2, 0.25) is 5.31 Å². The molecule has 4 aliphatic rings. The van der Waals surface area contributed by atoms with Gasteiger partial charge in [-0.1, -0.05) is 60.7 Å². The van der Waals surface area contributed by atoms with Gasteiger partial charge in [-0.2, -0.15) is 10.5 Å². The molecular formula is C38H32BN3O3. The van der Waals surface area contributed by atoms with E-state index in [1.165, 1.54) is 11.1 Å². The molecule has 1 saturated carbocycles. The van der Waals surface area contributed by atoms with Gasteiger partial charge in [0.05, 0.1) is 31.6 Å². The molecule has 2 aliphatic heterocycles. The number of nitriles is 2. The number of hydrogen-bond donors (Lipinski definition) is 1. The summed E-state index contributed by atoms with van der Waals surface area (Å²) in [5, 5.41) is 29.7. The number of aliphatic hydroxyl groups excluding tert-OH is 1. The van der Waals surface area contributed by atoms with E-state index in [-0.39, 0.29) is 24.2 Å². The van der Waals surface area contributed by atoms with Crippen molar-refractivity contribution in [1.29, 1.82) is 10.5 Å². The summed E-state index contributed by atoms with van der Waals surface area (Å²) in [7, 11) is 6.97. The van der Waals surface area contributed by atoms with Crippen LogP contribution < -0.4 is 9.47 Å². The largest absolute Gasteiger partial charge is 0.488 e. The molecule has 45 heavy (non-hydrogen) atoms. The van der Waals surface area contributed by atoms with Crippen LogP contribution in [-0.4, -0.2) is 36.5 Å². The summed E-state index contributed by atoms with van der Waals surface area (Å²) in [6.45, 7) is 2.17. The maximum Gasteiger partial charge on any atom is 0.128 e. The van der Waals surface area contributed by atoms with E-state index in [2.05, 4.69) is 17.0 Å². The summed E-state index contributed by atoms with van der Waals surface area (Å²) in [4.78, 5) is 2.41.